The third-order valence-electron chi connectivity index (χ3n) is 2.92. The normalized spacial score (nSPS) is 12.0. The predicted molar refractivity (Wildman–Crippen MR) is 78.4 cm³/mol. The molecule has 0 fully saturated rings. The van der Waals surface area contributed by atoms with Gasteiger partial charge in [0, 0.05) is 11.8 Å². The first-order valence-electron chi connectivity index (χ1n) is 6.58. The highest BCUT2D eigenvalue weighted by Gasteiger charge is 2.08. The molecule has 0 unspecified atom stereocenters. The summed E-state index contributed by atoms with van der Waals surface area (Å²) in [6.07, 6.45) is -2.85. The average molecular weight is 311 g/mol. The van der Waals surface area contributed by atoms with E-state index in [0.717, 1.165) is 5.56 Å². The minimum Gasteiger partial charge on any atom is -0.370 e. The van der Waals surface area contributed by atoms with Gasteiger partial charge in [-0.05, 0) is 24.1 Å². The van der Waals surface area contributed by atoms with Crippen molar-refractivity contribution in [2.24, 2.45) is 10.7 Å². The van der Waals surface area contributed by atoms with Gasteiger partial charge in [0.05, 0.1) is 13.0 Å². The van der Waals surface area contributed by atoms with Crippen LogP contribution >= 0.6 is 0 Å². The molecule has 0 atom stereocenters. The van der Waals surface area contributed by atoms with Crippen LogP contribution in [-0.2, 0) is 13.0 Å². The van der Waals surface area contributed by atoms with Crippen molar-refractivity contribution in [3.63, 3.8) is 0 Å². The van der Waals surface area contributed by atoms with Crippen molar-refractivity contribution in [3.8, 4) is 0 Å². The van der Waals surface area contributed by atoms with Gasteiger partial charge < -0.3 is 11.1 Å². The molecule has 0 radical (unpaired) electrons. The number of nitrogens with two attached hydrogens (primary N) is 1. The quantitative estimate of drug-likeness (QED) is 0.586. The maximum absolute atomic E-state index is 13.1. The van der Waals surface area contributed by atoms with E-state index < -0.39 is 12.8 Å². The van der Waals surface area contributed by atoms with Gasteiger partial charge in [0.15, 0.2) is 11.8 Å². The molecule has 1 aromatic heterocycles. The number of aliphatic imine (C=N–C) groups is 1. The first-order chi connectivity index (χ1) is 10.4. The molecule has 2 rings (SSSR count). The Morgan fingerprint density at radius 3 is 2.86 bits per heavy atom. The van der Waals surface area contributed by atoms with Crippen LogP contribution < -0.4 is 11.1 Å². The second-order valence-corrected chi connectivity index (χ2v) is 4.78. The van der Waals surface area contributed by atoms with Crippen LogP contribution in [0.4, 0.5) is 19.0 Å². The molecule has 0 bridgehead atoms. The van der Waals surface area contributed by atoms with Crippen LogP contribution in [0, 0.1) is 12.7 Å². The smallest absolute Gasteiger partial charge is 0.244 e. The van der Waals surface area contributed by atoms with E-state index in [4.69, 9.17) is 5.73 Å². The van der Waals surface area contributed by atoms with Crippen LogP contribution in [0.2, 0.25) is 0 Å². The van der Waals surface area contributed by atoms with Gasteiger partial charge in [-0.1, -0.05) is 12.1 Å². The van der Waals surface area contributed by atoms with E-state index in [-0.39, 0.29) is 18.3 Å². The number of alkyl halides is 2. The van der Waals surface area contributed by atoms with E-state index in [1.807, 2.05) is 0 Å². The van der Waals surface area contributed by atoms with Crippen molar-refractivity contribution < 1.29 is 13.2 Å². The van der Waals surface area contributed by atoms with Crippen LogP contribution in [-0.4, -0.2) is 22.6 Å². The Bertz CT molecular complexity index is 666. The monoisotopic (exact) mass is 311 g/mol. The summed E-state index contributed by atoms with van der Waals surface area (Å²) in [5.41, 5.74) is 7.34. The van der Waals surface area contributed by atoms with Crippen molar-refractivity contribution >= 4 is 11.8 Å². The van der Waals surface area contributed by atoms with Crippen LogP contribution in [0.1, 0.15) is 16.8 Å². The van der Waals surface area contributed by atoms with Gasteiger partial charge in [0.25, 0.3) is 0 Å². The van der Waals surface area contributed by atoms with Gasteiger partial charge in [-0.2, -0.15) is 5.10 Å². The number of H-pyrrole nitrogens is 1. The largest absolute Gasteiger partial charge is 0.370 e. The highest BCUT2D eigenvalue weighted by molar-refractivity contribution is 5.91. The molecule has 1 heterocycles. The van der Waals surface area contributed by atoms with Gasteiger partial charge in [0.1, 0.15) is 5.82 Å². The number of aryl methyl sites for hydroxylation is 1. The number of rotatable bonds is 5. The van der Waals surface area contributed by atoms with Gasteiger partial charge in [-0.25, -0.2) is 18.2 Å². The average Bonchev–Trinajstić information content (AvgIpc) is 2.86. The van der Waals surface area contributed by atoms with Gasteiger partial charge in [-0.15, -0.1) is 0 Å². The van der Waals surface area contributed by atoms with E-state index in [9.17, 15) is 13.2 Å². The summed E-state index contributed by atoms with van der Waals surface area (Å²) in [6, 6.07) is 6.11. The number of benzene rings is 1. The number of halogens is 3. The SMILES string of the molecule is Cc1cc(CN=C(N)Nc2cc(CC(F)F)[nH]n2)ccc1F. The molecular weight excluding hydrogens is 295 g/mol. The molecule has 1 aromatic carbocycles. The maximum atomic E-state index is 13.1. The summed E-state index contributed by atoms with van der Waals surface area (Å²) in [4.78, 5) is 4.09. The second-order valence-electron chi connectivity index (χ2n) is 4.78. The Labute approximate surface area is 125 Å². The Balaban J connectivity index is 1.94. The fourth-order valence-corrected chi connectivity index (χ4v) is 1.85. The number of aromatic nitrogens is 2. The molecule has 22 heavy (non-hydrogen) atoms. The number of nitrogens with one attached hydrogen (secondary N) is 2. The minimum absolute atomic E-state index is 0.0945. The molecular formula is C14H16F3N5. The first-order valence-corrected chi connectivity index (χ1v) is 6.58. The number of anilines is 1. The molecule has 0 amide bonds. The van der Waals surface area contributed by atoms with Gasteiger partial charge in [0.2, 0.25) is 6.43 Å². The van der Waals surface area contributed by atoms with Gasteiger partial charge in [-0.3, -0.25) is 5.10 Å². The Kier molecular flexibility index (Phi) is 5.03. The molecule has 0 aliphatic carbocycles. The number of nitrogens with zero attached hydrogens (tertiary/aromatic N) is 2. The number of aromatic amines is 1. The molecule has 5 nitrogen and oxygen atoms in total. The summed E-state index contributed by atoms with van der Waals surface area (Å²) in [5, 5.41) is 8.99. The van der Waals surface area contributed by atoms with Crippen LogP contribution in [0.25, 0.3) is 0 Å². The van der Waals surface area contributed by atoms with Crippen LogP contribution in [0.5, 0.6) is 0 Å². The maximum Gasteiger partial charge on any atom is 0.244 e. The number of hydrogen-bond donors (Lipinski definition) is 3. The molecule has 8 heteroatoms. The summed E-state index contributed by atoms with van der Waals surface area (Å²) in [7, 11) is 0. The van der Waals surface area contributed by atoms with Crippen molar-refractivity contribution in [1.82, 2.24) is 10.2 Å². The highest BCUT2D eigenvalue weighted by Crippen LogP contribution is 2.11. The zero-order chi connectivity index (χ0) is 16.1. The van der Waals surface area contributed by atoms with E-state index >= 15 is 0 Å². The number of hydrogen-bond acceptors (Lipinski definition) is 2. The van der Waals surface area contributed by atoms with Crippen LogP contribution in [0.3, 0.4) is 0 Å². The topological polar surface area (TPSA) is 79.1 Å². The molecule has 2 aromatic rings. The number of guanidine groups is 1. The molecule has 0 aliphatic rings. The fourth-order valence-electron chi connectivity index (χ4n) is 1.85. The van der Waals surface area contributed by atoms with E-state index in [0.29, 0.717) is 17.1 Å². The highest BCUT2D eigenvalue weighted by atomic mass is 19.3. The van der Waals surface area contributed by atoms with E-state index in [1.54, 1.807) is 19.1 Å². The summed E-state index contributed by atoms with van der Waals surface area (Å²) >= 11 is 0. The van der Waals surface area contributed by atoms with Crippen molar-refractivity contribution in [3.05, 3.63) is 46.9 Å². The summed E-state index contributed by atoms with van der Waals surface area (Å²) in [5.74, 6) is 0.131. The van der Waals surface area contributed by atoms with Crippen molar-refractivity contribution in [2.75, 3.05) is 5.32 Å². The lowest BCUT2D eigenvalue weighted by molar-refractivity contribution is 0.148. The molecule has 0 saturated carbocycles. The molecule has 0 aliphatic heterocycles. The Morgan fingerprint density at radius 1 is 1.41 bits per heavy atom. The first kappa shape index (κ1) is 15.9. The second kappa shape index (κ2) is 6.97. The van der Waals surface area contributed by atoms with Gasteiger partial charge >= 0.3 is 0 Å². The van der Waals surface area contributed by atoms with E-state index in [2.05, 4.69) is 20.5 Å². The summed E-state index contributed by atoms with van der Waals surface area (Å²) in [6.45, 7) is 1.94. The van der Waals surface area contributed by atoms with Crippen LogP contribution in [0.15, 0.2) is 29.3 Å². The molecule has 4 N–H and O–H groups in total. The molecule has 0 spiro atoms. The van der Waals surface area contributed by atoms with Crippen molar-refractivity contribution in [1.29, 1.82) is 0 Å². The van der Waals surface area contributed by atoms with Crippen molar-refractivity contribution in [2.45, 2.75) is 26.3 Å². The predicted octanol–water partition coefficient (Wildman–Crippen LogP) is 2.59. The minimum atomic E-state index is -2.44. The third-order valence-corrected chi connectivity index (χ3v) is 2.92. The lowest BCUT2D eigenvalue weighted by Gasteiger charge is -2.03. The standard InChI is InChI=1S/C14H16F3N5/c1-8-4-9(2-3-11(8)15)7-19-14(18)20-13-6-10(21-22-13)5-12(16)17/h2-4,6,12H,5,7H2,1H3,(H4,18,19,20,21,22). The zero-order valence-corrected chi connectivity index (χ0v) is 11.9. The third kappa shape index (κ3) is 4.51. The fraction of sp³-hybridized carbons (Fsp3) is 0.286. The summed E-state index contributed by atoms with van der Waals surface area (Å²) < 4.78 is 37.6. The Hall–Kier alpha value is -2.51. The molecule has 118 valence electrons. The Morgan fingerprint density at radius 2 is 2.18 bits per heavy atom. The zero-order valence-electron chi connectivity index (χ0n) is 11.9. The lowest BCUT2D eigenvalue weighted by Crippen LogP contribution is -2.22. The van der Waals surface area contributed by atoms with E-state index in [1.165, 1.54) is 12.1 Å². The lowest BCUT2D eigenvalue weighted by atomic mass is 10.1. The molecule has 0 saturated heterocycles.